The lowest BCUT2D eigenvalue weighted by atomic mass is 9.83. The Morgan fingerprint density at radius 2 is 2.15 bits per heavy atom. The summed E-state index contributed by atoms with van der Waals surface area (Å²) in [7, 11) is 0. The molecule has 6 heteroatoms. The molecule has 1 amide bonds. The van der Waals surface area contributed by atoms with E-state index >= 15 is 0 Å². The summed E-state index contributed by atoms with van der Waals surface area (Å²) in [5.74, 6) is 0.649. The third kappa shape index (κ3) is 3.24. The van der Waals surface area contributed by atoms with Gasteiger partial charge in [-0.1, -0.05) is 6.92 Å². The maximum atomic E-state index is 14.6. The van der Waals surface area contributed by atoms with Gasteiger partial charge in [-0.3, -0.25) is 14.9 Å². The normalized spacial score (nSPS) is 19.2. The van der Waals surface area contributed by atoms with Crippen molar-refractivity contribution in [3.8, 4) is 11.3 Å². The van der Waals surface area contributed by atoms with Gasteiger partial charge in [-0.25, -0.2) is 4.39 Å². The van der Waals surface area contributed by atoms with Crippen LogP contribution in [0.5, 0.6) is 0 Å². The summed E-state index contributed by atoms with van der Waals surface area (Å²) >= 11 is 0. The molecule has 0 spiro atoms. The zero-order valence-electron chi connectivity index (χ0n) is 15.5. The Morgan fingerprint density at radius 3 is 2.69 bits per heavy atom. The number of amides is 1. The highest BCUT2D eigenvalue weighted by atomic mass is 19.1. The standard InChI is InChI=1S/C20H25FN4O/c1-11-18(12(2)25-24-11)19-16(21)8-14(10-22-19)23-17(26)9-15(13-4-5-13)20(3)6-7-20/h8,10,13,15H,4-7,9H2,1-3H3,(H,23,26)(H,24,25). The van der Waals surface area contributed by atoms with E-state index in [1.54, 1.807) is 0 Å². The first kappa shape index (κ1) is 17.2. The second-order valence-corrected chi connectivity index (χ2v) is 8.21. The second-order valence-electron chi connectivity index (χ2n) is 8.21. The van der Waals surface area contributed by atoms with Crippen molar-refractivity contribution < 1.29 is 9.18 Å². The number of halogens is 1. The van der Waals surface area contributed by atoms with Crippen molar-refractivity contribution in [2.45, 2.75) is 52.9 Å². The van der Waals surface area contributed by atoms with E-state index in [-0.39, 0.29) is 11.6 Å². The number of nitrogens with one attached hydrogen (secondary N) is 2. The van der Waals surface area contributed by atoms with Crippen molar-refractivity contribution in [2.75, 3.05) is 5.32 Å². The van der Waals surface area contributed by atoms with Crippen LogP contribution in [0.15, 0.2) is 12.3 Å². The molecule has 4 rings (SSSR count). The summed E-state index contributed by atoms with van der Waals surface area (Å²) in [6.45, 7) is 5.93. The Kier molecular flexibility index (Phi) is 4.09. The smallest absolute Gasteiger partial charge is 0.224 e. The third-order valence-electron chi connectivity index (χ3n) is 6.02. The first-order chi connectivity index (χ1) is 12.4. The molecule has 2 fully saturated rings. The van der Waals surface area contributed by atoms with Crippen molar-refractivity contribution in [1.29, 1.82) is 0 Å². The molecular formula is C20H25FN4O. The monoisotopic (exact) mass is 356 g/mol. The summed E-state index contributed by atoms with van der Waals surface area (Å²) in [5.41, 5.74) is 3.16. The minimum atomic E-state index is -0.455. The minimum Gasteiger partial charge on any atom is -0.325 e. The predicted molar refractivity (Wildman–Crippen MR) is 98.1 cm³/mol. The highest BCUT2D eigenvalue weighted by Crippen LogP contribution is 2.59. The maximum absolute atomic E-state index is 14.6. The van der Waals surface area contributed by atoms with Crippen LogP contribution in [0, 0.1) is 36.9 Å². The van der Waals surface area contributed by atoms with Crippen LogP contribution in [0.3, 0.4) is 0 Å². The zero-order chi connectivity index (χ0) is 18.5. The van der Waals surface area contributed by atoms with Crippen LogP contribution in [0.2, 0.25) is 0 Å². The van der Waals surface area contributed by atoms with E-state index < -0.39 is 5.82 Å². The van der Waals surface area contributed by atoms with Crippen molar-refractivity contribution in [3.63, 3.8) is 0 Å². The molecule has 0 saturated heterocycles. The average Bonchev–Trinajstić information content (AvgIpc) is 3.50. The van der Waals surface area contributed by atoms with Crippen molar-refractivity contribution in [1.82, 2.24) is 15.2 Å². The van der Waals surface area contributed by atoms with E-state index in [9.17, 15) is 9.18 Å². The van der Waals surface area contributed by atoms with Crippen LogP contribution in [0.25, 0.3) is 11.3 Å². The molecule has 5 nitrogen and oxygen atoms in total. The van der Waals surface area contributed by atoms with Gasteiger partial charge in [0.25, 0.3) is 0 Å². The van der Waals surface area contributed by atoms with Gasteiger partial charge in [-0.2, -0.15) is 5.10 Å². The van der Waals surface area contributed by atoms with E-state index in [0.717, 1.165) is 5.69 Å². The van der Waals surface area contributed by atoms with E-state index in [1.807, 2.05) is 13.8 Å². The quantitative estimate of drug-likeness (QED) is 0.807. The third-order valence-corrected chi connectivity index (χ3v) is 6.02. The number of aromatic amines is 1. The van der Waals surface area contributed by atoms with E-state index in [1.165, 1.54) is 37.9 Å². The molecule has 2 aromatic rings. The van der Waals surface area contributed by atoms with Crippen LogP contribution < -0.4 is 5.32 Å². The molecule has 2 aliphatic rings. The number of hydrogen-bond acceptors (Lipinski definition) is 3. The maximum Gasteiger partial charge on any atom is 0.224 e. The van der Waals surface area contributed by atoms with Crippen LogP contribution in [0.4, 0.5) is 10.1 Å². The van der Waals surface area contributed by atoms with Crippen molar-refractivity contribution in [2.24, 2.45) is 17.3 Å². The molecule has 2 aromatic heterocycles. The number of pyridine rings is 1. The van der Waals surface area contributed by atoms with Gasteiger partial charge in [0, 0.05) is 23.7 Å². The van der Waals surface area contributed by atoms with Gasteiger partial charge in [0.05, 0.1) is 17.6 Å². The number of aryl methyl sites for hydroxylation is 2. The molecule has 0 aliphatic heterocycles. The fourth-order valence-corrected chi connectivity index (χ4v) is 4.05. The molecule has 2 N–H and O–H groups in total. The highest BCUT2D eigenvalue weighted by Gasteiger charge is 2.51. The molecule has 0 aromatic carbocycles. The lowest BCUT2D eigenvalue weighted by Gasteiger charge is -2.22. The molecule has 138 valence electrons. The molecule has 0 radical (unpaired) electrons. The molecule has 0 bridgehead atoms. The van der Waals surface area contributed by atoms with E-state index in [0.29, 0.717) is 40.6 Å². The molecule has 2 heterocycles. The molecular weight excluding hydrogens is 331 g/mol. The van der Waals surface area contributed by atoms with E-state index in [4.69, 9.17) is 0 Å². The predicted octanol–water partition coefficient (Wildman–Crippen LogP) is 4.38. The summed E-state index contributed by atoms with van der Waals surface area (Å²) in [6, 6.07) is 1.34. The van der Waals surface area contributed by atoms with Crippen molar-refractivity contribution >= 4 is 11.6 Å². The van der Waals surface area contributed by atoms with Crippen LogP contribution in [-0.2, 0) is 4.79 Å². The fraction of sp³-hybridized carbons (Fsp3) is 0.550. The molecule has 1 unspecified atom stereocenters. The first-order valence-electron chi connectivity index (χ1n) is 9.35. The number of anilines is 1. The zero-order valence-corrected chi connectivity index (χ0v) is 15.5. The van der Waals surface area contributed by atoms with Crippen LogP contribution >= 0.6 is 0 Å². The topological polar surface area (TPSA) is 70.7 Å². The second kappa shape index (κ2) is 6.18. The summed E-state index contributed by atoms with van der Waals surface area (Å²) < 4.78 is 14.6. The van der Waals surface area contributed by atoms with Crippen LogP contribution in [0.1, 0.15) is 50.4 Å². The number of nitrogens with zero attached hydrogens (tertiary/aromatic N) is 2. The number of carbonyl (C=O) groups is 1. The summed E-state index contributed by atoms with van der Waals surface area (Å²) in [5, 5.41) is 9.76. The number of hydrogen-bond donors (Lipinski definition) is 2. The Labute approximate surface area is 152 Å². The Bertz CT molecular complexity index is 832. The van der Waals surface area contributed by atoms with Crippen molar-refractivity contribution in [3.05, 3.63) is 29.5 Å². The van der Waals surface area contributed by atoms with Gasteiger partial charge in [-0.15, -0.1) is 0 Å². The average molecular weight is 356 g/mol. The van der Waals surface area contributed by atoms with Gasteiger partial charge in [0.1, 0.15) is 5.69 Å². The Morgan fingerprint density at radius 1 is 1.42 bits per heavy atom. The van der Waals surface area contributed by atoms with Gasteiger partial charge in [0.2, 0.25) is 5.91 Å². The Balaban J connectivity index is 1.47. The van der Waals surface area contributed by atoms with E-state index in [2.05, 4.69) is 27.4 Å². The number of H-pyrrole nitrogens is 1. The van der Waals surface area contributed by atoms with Gasteiger partial charge >= 0.3 is 0 Å². The SMILES string of the molecule is Cc1n[nH]c(C)c1-c1ncc(NC(=O)CC(C2CC2)C2(C)CC2)cc1F. The van der Waals surface area contributed by atoms with Gasteiger partial charge < -0.3 is 5.32 Å². The molecule has 26 heavy (non-hydrogen) atoms. The highest BCUT2D eigenvalue weighted by molar-refractivity contribution is 5.91. The molecule has 2 aliphatic carbocycles. The molecule has 2 saturated carbocycles. The lowest BCUT2D eigenvalue weighted by Crippen LogP contribution is -2.23. The number of carbonyl (C=O) groups excluding carboxylic acids is 1. The van der Waals surface area contributed by atoms with Crippen LogP contribution in [-0.4, -0.2) is 21.1 Å². The Hall–Kier alpha value is -2.24. The first-order valence-corrected chi connectivity index (χ1v) is 9.35. The summed E-state index contributed by atoms with van der Waals surface area (Å²) in [6.07, 6.45) is 6.95. The number of rotatable bonds is 6. The fourth-order valence-electron chi connectivity index (χ4n) is 4.05. The lowest BCUT2D eigenvalue weighted by molar-refractivity contribution is -0.117. The van der Waals surface area contributed by atoms with Gasteiger partial charge in [0.15, 0.2) is 5.82 Å². The van der Waals surface area contributed by atoms with Gasteiger partial charge in [-0.05, 0) is 56.8 Å². The number of aromatic nitrogens is 3. The largest absolute Gasteiger partial charge is 0.325 e. The summed E-state index contributed by atoms with van der Waals surface area (Å²) in [4.78, 5) is 16.7. The molecule has 1 atom stereocenters. The minimum absolute atomic E-state index is 0.0420.